The van der Waals surface area contributed by atoms with E-state index in [1.165, 1.54) is 125 Å². The van der Waals surface area contributed by atoms with Crippen molar-refractivity contribution in [1.29, 1.82) is 0 Å². The molecule has 0 amide bonds. The number of anilines is 5. The molecule has 3 nitrogen and oxygen atoms in total. The monoisotopic (exact) mass is 908 g/mol. The smallest absolute Gasteiger partial charge is 0.252 e. The molecule has 4 heterocycles. The van der Waals surface area contributed by atoms with Crippen molar-refractivity contribution >= 4 is 62.4 Å². The van der Waals surface area contributed by atoms with Crippen molar-refractivity contribution in [3.63, 3.8) is 0 Å². The number of fused-ring (bicyclic) bond motifs is 12. The Morgan fingerprint density at radius 3 is 1.65 bits per heavy atom. The van der Waals surface area contributed by atoms with Crippen LogP contribution in [0.3, 0.4) is 0 Å². The van der Waals surface area contributed by atoms with E-state index in [1.54, 1.807) is 5.56 Å². The number of rotatable bonds is 3. The van der Waals surface area contributed by atoms with Gasteiger partial charge in [-0.2, -0.15) is 0 Å². The SMILES string of the molecule is CC(C)(C)c1ccc(N(c2ccc(C(C)(C)C)cc2)c2cc3c4c(c2)-n2c5c(c6cc(C(C)(C)C)cc(c62)B4c2cc(C(C)(C)C)cc4c2N3C2(C)CCCCC42C)-c2ccccc2C5(C)C)cc1. The highest BCUT2D eigenvalue weighted by atomic mass is 15.3. The molecule has 1 aromatic heterocycles. The molecule has 1 fully saturated rings. The summed E-state index contributed by atoms with van der Waals surface area (Å²) in [5, 5.41) is 1.40. The lowest BCUT2D eigenvalue weighted by molar-refractivity contribution is 0.195. The van der Waals surface area contributed by atoms with Gasteiger partial charge in [0, 0.05) is 61.4 Å². The van der Waals surface area contributed by atoms with Gasteiger partial charge in [0.15, 0.2) is 0 Å². The zero-order valence-corrected chi connectivity index (χ0v) is 44.6. The molecule has 1 saturated carbocycles. The molecule has 2 aliphatic carbocycles. The molecular formula is C65H74BN3. The van der Waals surface area contributed by atoms with Crippen molar-refractivity contribution in [3.8, 4) is 16.8 Å². The Morgan fingerprint density at radius 2 is 1.06 bits per heavy atom. The molecule has 0 saturated heterocycles. The summed E-state index contributed by atoms with van der Waals surface area (Å²) < 4.78 is 2.80. The Labute approximate surface area is 414 Å². The van der Waals surface area contributed by atoms with Crippen molar-refractivity contribution in [2.24, 2.45) is 0 Å². The second kappa shape index (κ2) is 13.9. The lowest BCUT2D eigenvalue weighted by atomic mass is 9.33. The lowest BCUT2D eigenvalue weighted by Gasteiger charge is -2.52. The highest BCUT2D eigenvalue weighted by Crippen LogP contribution is 2.63. The van der Waals surface area contributed by atoms with Gasteiger partial charge in [-0.05, 0) is 139 Å². The van der Waals surface area contributed by atoms with E-state index < -0.39 is 0 Å². The molecule has 2 atom stereocenters. The quantitative estimate of drug-likeness (QED) is 0.164. The van der Waals surface area contributed by atoms with Crippen LogP contribution in [0.5, 0.6) is 0 Å². The van der Waals surface area contributed by atoms with Crippen LogP contribution in [0, 0.1) is 0 Å². The molecule has 4 heteroatoms. The molecule has 3 aliphatic heterocycles. The van der Waals surface area contributed by atoms with E-state index in [2.05, 4.69) is 234 Å². The minimum atomic E-state index is -0.230. The molecular weight excluding hydrogens is 834 g/mol. The molecule has 6 aromatic carbocycles. The molecule has 7 aromatic rings. The summed E-state index contributed by atoms with van der Waals surface area (Å²) in [5.74, 6) is 0. The van der Waals surface area contributed by atoms with Gasteiger partial charge in [0.05, 0.1) is 11.2 Å². The summed E-state index contributed by atoms with van der Waals surface area (Å²) in [6.07, 6.45) is 4.86. The molecule has 12 rings (SSSR count). The first-order chi connectivity index (χ1) is 32.2. The second-order valence-electron chi connectivity index (χ2n) is 27.1. The van der Waals surface area contributed by atoms with Gasteiger partial charge >= 0.3 is 0 Å². The van der Waals surface area contributed by atoms with E-state index >= 15 is 0 Å². The van der Waals surface area contributed by atoms with Crippen LogP contribution in [0.2, 0.25) is 0 Å². The third-order valence-corrected chi connectivity index (χ3v) is 18.3. The topological polar surface area (TPSA) is 11.4 Å². The first kappa shape index (κ1) is 44.7. The van der Waals surface area contributed by atoms with Crippen molar-refractivity contribution in [2.75, 3.05) is 9.80 Å². The second-order valence-corrected chi connectivity index (χ2v) is 27.1. The largest absolute Gasteiger partial charge is 0.335 e. The van der Waals surface area contributed by atoms with Crippen LogP contribution in [-0.2, 0) is 32.5 Å². The van der Waals surface area contributed by atoms with Crippen LogP contribution < -0.4 is 26.2 Å². The standard InChI is InChI=1S/C65H74BN3/c1-59(2,3)39-23-27-43(28-24-39)67(44-29-25-40(26-30-44)60(4,5)6)45-37-52-55-53(38-45)69-57-49(64(15)31-19-20-32-65(64,69)16)34-42(62(10,11)12)36-51(57)66(55)50-35-41(61(7,8)9)33-47-54-46-21-17-18-22-48(46)63(13,14)58(54)68(52)56(47)50/h17-18,21-30,33-38H,19-20,31-32H2,1-16H3. The normalized spacial score (nSPS) is 20.7. The zero-order chi connectivity index (χ0) is 48.9. The van der Waals surface area contributed by atoms with Crippen LogP contribution in [0.15, 0.2) is 109 Å². The maximum Gasteiger partial charge on any atom is 0.252 e. The highest BCUT2D eigenvalue weighted by molar-refractivity contribution is 7.00. The van der Waals surface area contributed by atoms with E-state index in [9.17, 15) is 0 Å². The Morgan fingerprint density at radius 1 is 0.522 bits per heavy atom. The van der Waals surface area contributed by atoms with Crippen LogP contribution in [0.25, 0.3) is 27.7 Å². The Hall–Kier alpha value is -5.48. The summed E-state index contributed by atoms with van der Waals surface area (Å²) in [7, 11) is 0. The first-order valence-electron chi connectivity index (χ1n) is 26.3. The van der Waals surface area contributed by atoms with Crippen LogP contribution in [0.4, 0.5) is 28.4 Å². The fourth-order valence-electron chi connectivity index (χ4n) is 14.0. The minimum absolute atomic E-state index is 0.00864. The van der Waals surface area contributed by atoms with Crippen molar-refractivity contribution in [1.82, 2.24) is 4.57 Å². The maximum atomic E-state index is 2.94. The first-order valence-corrected chi connectivity index (χ1v) is 26.3. The number of hydrogen-bond donors (Lipinski definition) is 0. The summed E-state index contributed by atoms with van der Waals surface area (Å²) in [4.78, 5) is 5.51. The molecule has 69 heavy (non-hydrogen) atoms. The number of aromatic nitrogens is 1. The molecule has 0 bridgehead atoms. The van der Waals surface area contributed by atoms with Crippen molar-refractivity contribution in [3.05, 3.63) is 148 Å². The summed E-state index contributed by atoms with van der Waals surface area (Å²) >= 11 is 0. The van der Waals surface area contributed by atoms with Crippen LogP contribution in [-0.4, -0.2) is 16.8 Å². The van der Waals surface area contributed by atoms with Crippen molar-refractivity contribution in [2.45, 2.75) is 174 Å². The fraction of sp³-hybridized carbons (Fsp3) is 0.415. The third-order valence-electron chi connectivity index (χ3n) is 18.3. The zero-order valence-electron chi connectivity index (χ0n) is 44.6. The summed E-state index contributed by atoms with van der Waals surface area (Å²) in [6.45, 7) is 38.7. The fourth-order valence-corrected chi connectivity index (χ4v) is 14.0. The van der Waals surface area contributed by atoms with Gasteiger partial charge in [0.2, 0.25) is 0 Å². The minimum Gasteiger partial charge on any atom is -0.335 e. The third kappa shape index (κ3) is 5.99. The summed E-state index contributed by atoms with van der Waals surface area (Å²) in [6, 6.07) is 44.1. The van der Waals surface area contributed by atoms with E-state index in [0.29, 0.717) is 0 Å². The van der Waals surface area contributed by atoms with Gasteiger partial charge in [-0.3, -0.25) is 0 Å². The molecule has 0 N–H and O–H groups in total. The van der Waals surface area contributed by atoms with E-state index in [0.717, 1.165) is 6.42 Å². The molecule has 2 unspecified atom stereocenters. The van der Waals surface area contributed by atoms with Crippen LogP contribution in [0.1, 0.15) is 176 Å². The molecule has 5 aliphatic rings. The van der Waals surface area contributed by atoms with Crippen molar-refractivity contribution < 1.29 is 0 Å². The van der Waals surface area contributed by atoms with Gasteiger partial charge in [-0.1, -0.05) is 183 Å². The Kier molecular flexibility index (Phi) is 9.00. The average Bonchev–Trinajstić information content (AvgIpc) is 3.83. The maximum absolute atomic E-state index is 2.94. The number of nitrogens with zero attached hydrogens (tertiary/aromatic N) is 3. The van der Waals surface area contributed by atoms with E-state index in [-0.39, 0.29) is 44.7 Å². The van der Waals surface area contributed by atoms with Gasteiger partial charge in [-0.15, -0.1) is 0 Å². The van der Waals surface area contributed by atoms with Gasteiger partial charge in [-0.25, -0.2) is 0 Å². The van der Waals surface area contributed by atoms with Gasteiger partial charge in [0.25, 0.3) is 6.71 Å². The molecule has 0 spiro atoms. The number of benzene rings is 6. The van der Waals surface area contributed by atoms with E-state index in [1.807, 2.05) is 0 Å². The summed E-state index contributed by atoms with van der Waals surface area (Å²) in [5.41, 5.74) is 26.1. The predicted molar refractivity (Wildman–Crippen MR) is 298 cm³/mol. The molecule has 0 radical (unpaired) electrons. The predicted octanol–water partition coefficient (Wildman–Crippen LogP) is 15.5. The van der Waals surface area contributed by atoms with Gasteiger partial charge in [0.1, 0.15) is 0 Å². The molecule has 352 valence electrons. The average molecular weight is 908 g/mol. The Bertz CT molecular complexity index is 3260. The van der Waals surface area contributed by atoms with E-state index in [4.69, 9.17) is 0 Å². The number of hydrogen-bond acceptors (Lipinski definition) is 2. The van der Waals surface area contributed by atoms with Crippen LogP contribution >= 0.6 is 0 Å². The highest BCUT2D eigenvalue weighted by Gasteiger charge is 2.62. The van der Waals surface area contributed by atoms with Gasteiger partial charge < -0.3 is 14.4 Å². The lowest BCUT2D eigenvalue weighted by Crippen LogP contribution is -2.64. The Balaban J connectivity index is 1.26.